The van der Waals surface area contributed by atoms with Crippen LogP contribution >= 0.6 is 23.5 Å². The van der Waals surface area contributed by atoms with Crippen LogP contribution in [-0.4, -0.2) is 40.8 Å². The molecule has 0 N–H and O–H groups in total. The van der Waals surface area contributed by atoms with Gasteiger partial charge in [0, 0.05) is 0 Å². The summed E-state index contributed by atoms with van der Waals surface area (Å²) in [5.41, 5.74) is 0. The van der Waals surface area contributed by atoms with Crippen LogP contribution in [0.25, 0.3) is 33.4 Å². The van der Waals surface area contributed by atoms with Crippen molar-refractivity contribution in [2.24, 2.45) is 0 Å². The Bertz CT molecular complexity index is 1010. The fourth-order valence-corrected chi connectivity index (χ4v) is 3.67. The van der Waals surface area contributed by atoms with Crippen LogP contribution in [0.4, 0.5) is 0 Å². The summed E-state index contributed by atoms with van der Waals surface area (Å²) in [6.45, 7) is 0. The van der Waals surface area contributed by atoms with Gasteiger partial charge in [-0.3, -0.25) is 0 Å². The fourth-order valence-electron chi connectivity index (χ4n) is 1.86. The number of hydrogen-bond donors (Lipinski definition) is 0. The smallest absolute Gasteiger partial charge is 0.306 e. The van der Waals surface area contributed by atoms with E-state index in [4.69, 9.17) is 17.7 Å². The molecule has 0 radical (unpaired) electrons. The predicted molar refractivity (Wildman–Crippen MR) is 86.3 cm³/mol. The molecule has 0 fully saturated rings. The quantitative estimate of drug-likeness (QED) is 0.501. The Morgan fingerprint density at radius 1 is 0.577 bits per heavy atom. The van der Waals surface area contributed by atoms with Gasteiger partial charge in [-0.15, -0.1) is 52.6 Å². The van der Waals surface area contributed by atoms with Gasteiger partial charge in [0.1, 0.15) is 0 Å². The van der Waals surface area contributed by atoms with Gasteiger partial charge < -0.3 is 17.7 Å². The summed E-state index contributed by atoms with van der Waals surface area (Å²) in [5, 5.41) is 34.1. The monoisotopic (exact) mass is 388 g/mol. The molecule has 128 valence electrons. The van der Waals surface area contributed by atoms with E-state index in [9.17, 15) is 0 Å². The van der Waals surface area contributed by atoms with Crippen molar-refractivity contribution in [1.29, 1.82) is 0 Å². The van der Waals surface area contributed by atoms with Crippen LogP contribution < -0.4 is 0 Å². The highest BCUT2D eigenvalue weighted by atomic mass is 32.2. The highest BCUT2D eigenvalue weighted by Crippen LogP contribution is 2.45. The molecule has 1 aliphatic rings. The minimum absolute atomic E-state index is 0.136. The van der Waals surface area contributed by atoms with Gasteiger partial charge in [0.25, 0.3) is 11.8 Å². The Morgan fingerprint density at radius 3 is 1.54 bits per heavy atom. The van der Waals surface area contributed by atoms with Gasteiger partial charge in [0.15, 0.2) is 0 Å². The second kappa shape index (κ2) is 6.23. The summed E-state index contributed by atoms with van der Waals surface area (Å²) in [7, 11) is 0. The SMILES string of the molecule is C1=C(c2nnc(-c3nnco3)o2)SC(c2nnc(-c3nnco3)o2)=CS1. The Morgan fingerprint density at radius 2 is 1.08 bits per heavy atom. The second-order valence-electron chi connectivity index (χ2n) is 4.51. The van der Waals surface area contributed by atoms with Gasteiger partial charge in [-0.2, -0.15) is 0 Å². The fraction of sp³-hybridized carbons (Fsp3) is 0. The number of thioether (sulfide) groups is 2. The molecule has 12 nitrogen and oxygen atoms in total. The van der Waals surface area contributed by atoms with Gasteiger partial charge in [0.2, 0.25) is 12.8 Å². The molecule has 0 spiro atoms. The molecule has 0 saturated carbocycles. The van der Waals surface area contributed by atoms with Gasteiger partial charge in [-0.25, -0.2) is 0 Å². The Balaban J connectivity index is 1.37. The molecule has 0 bridgehead atoms. The van der Waals surface area contributed by atoms with Crippen LogP contribution in [0, 0.1) is 0 Å². The van der Waals surface area contributed by atoms with E-state index in [0.29, 0.717) is 21.6 Å². The van der Waals surface area contributed by atoms with Crippen molar-refractivity contribution < 1.29 is 17.7 Å². The van der Waals surface area contributed by atoms with Gasteiger partial charge >= 0.3 is 23.6 Å². The first-order chi connectivity index (χ1) is 12.9. The molecule has 0 aromatic carbocycles. The summed E-state index contributed by atoms with van der Waals surface area (Å²) >= 11 is 2.75. The number of hydrogen-bond acceptors (Lipinski definition) is 14. The second-order valence-corrected chi connectivity index (χ2v) is 6.34. The Kier molecular flexibility index (Phi) is 3.60. The summed E-state index contributed by atoms with van der Waals surface area (Å²) in [5.74, 6) is 1.17. The van der Waals surface area contributed by atoms with E-state index in [1.54, 1.807) is 0 Å². The first kappa shape index (κ1) is 15.0. The molecule has 26 heavy (non-hydrogen) atoms. The molecule has 0 amide bonds. The maximum absolute atomic E-state index is 5.57. The van der Waals surface area contributed by atoms with Crippen molar-refractivity contribution in [2.75, 3.05) is 0 Å². The zero-order chi connectivity index (χ0) is 17.3. The van der Waals surface area contributed by atoms with Crippen molar-refractivity contribution in [3.63, 3.8) is 0 Å². The molecule has 14 heteroatoms. The van der Waals surface area contributed by atoms with E-state index in [-0.39, 0.29) is 23.6 Å². The lowest BCUT2D eigenvalue weighted by atomic mass is 10.6. The van der Waals surface area contributed by atoms with Crippen molar-refractivity contribution in [2.45, 2.75) is 0 Å². The largest absolute Gasteiger partial charge is 0.420 e. The van der Waals surface area contributed by atoms with Crippen LogP contribution in [-0.2, 0) is 0 Å². The van der Waals surface area contributed by atoms with E-state index in [0.717, 1.165) is 0 Å². The third-order valence-electron chi connectivity index (χ3n) is 2.93. The zero-order valence-corrected chi connectivity index (χ0v) is 14.0. The van der Waals surface area contributed by atoms with E-state index in [1.165, 1.54) is 36.3 Å². The lowest BCUT2D eigenvalue weighted by Crippen LogP contribution is -1.87. The zero-order valence-electron chi connectivity index (χ0n) is 12.3. The predicted octanol–water partition coefficient (Wildman–Crippen LogP) is 2.33. The molecule has 0 saturated heterocycles. The van der Waals surface area contributed by atoms with Gasteiger partial charge in [-0.05, 0) is 10.8 Å². The molecule has 0 atom stereocenters. The molecule has 4 aromatic heterocycles. The van der Waals surface area contributed by atoms with E-state index < -0.39 is 0 Å². The minimum Gasteiger partial charge on any atom is -0.420 e. The van der Waals surface area contributed by atoms with Crippen LogP contribution in [0.1, 0.15) is 11.8 Å². The minimum atomic E-state index is 0.136. The average Bonchev–Trinajstić information content (AvgIpc) is 3.49. The van der Waals surface area contributed by atoms with Crippen molar-refractivity contribution in [3.8, 4) is 23.6 Å². The lowest BCUT2D eigenvalue weighted by molar-refractivity contribution is 0.502. The third-order valence-corrected chi connectivity index (χ3v) is 4.99. The summed E-state index contributed by atoms with van der Waals surface area (Å²) in [4.78, 5) is 1.42. The Labute approximate surface area is 151 Å². The Hall–Kier alpha value is -3.26. The maximum atomic E-state index is 5.57. The van der Waals surface area contributed by atoms with Gasteiger partial charge in [-0.1, -0.05) is 11.8 Å². The standard InChI is InChI=1S/C12H4N8O4S2/c1-5(7-17-19-11(23-7)9-15-13-3-21-9)26-6(2-25-1)8-18-20-12(24-8)10-16-14-4-22-10/h1-4H. The van der Waals surface area contributed by atoms with E-state index in [2.05, 4.69) is 40.8 Å². The van der Waals surface area contributed by atoms with E-state index >= 15 is 0 Å². The topological polar surface area (TPSA) is 156 Å². The van der Waals surface area contributed by atoms with E-state index in [1.807, 2.05) is 10.8 Å². The molecule has 4 aromatic rings. The van der Waals surface area contributed by atoms with Crippen LogP contribution in [0.5, 0.6) is 0 Å². The first-order valence-corrected chi connectivity index (χ1v) is 8.57. The van der Waals surface area contributed by atoms with Crippen LogP contribution in [0.2, 0.25) is 0 Å². The molecule has 1 aliphatic heterocycles. The molecule has 0 aliphatic carbocycles. The highest BCUT2D eigenvalue weighted by molar-refractivity contribution is 8.20. The summed E-state index contributed by atoms with van der Waals surface area (Å²) in [6.07, 6.45) is 2.36. The van der Waals surface area contributed by atoms with Gasteiger partial charge in [0.05, 0.1) is 9.81 Å². The molecule has 0 unspecified atom stereocenters. The average molecular weight is 388 g/mol. The lowest BCUT2D eigenvalue weighted by Gasteiger charge is -2.07. The third kappa shape index (κ3) is 2.70. The maximum Gasteiger partial charge on any atom is 0.306 e. The first-order valence-electron chi connectivity index (χ1n) is 6.81. The summed E-state index contributed by atoms with van der Waals surface area (Å²) < 4.78 is 21.2. The molecular weight excluding hydrogens is 384 g/mol. The normalized spacial score (nSPS) is 14.3. The molecule has 5 rings (SSSR count). The van der Waals surface area contributed by atoms with Crippen LogP contribution in [0.3, 0.4) is 0 Å². The number of aromatic nitrogens is 8. The molecular formula is C12H4N8O4S2. The molecule has 5 heterocycles. The highest BCUT2D eigenvalue weighted by Gasteiger charge is 2.23. The summed E-state index contributed by atoms with van der Waals surface area (Å²) in [6, 6.07) is 0. The van der Waals surface area contributed by atoms with Crippen LogP contribution in [0.15, 0.2) is 41.3 Å². The van der Waals surface area contributed by atoms with Crippen molar-refractivity contribution >= 4 is 33.3 Å². The van der Waals surface area contributed by atoms with Crippen molar-refractivity contribution in [1.82, 2.24) is 40.8 Å². The van der Waals surface area contributed by atoms with Crippen molar-refractivity contribution in [3.05, 3.63) is 35.4 Å². The number of rotatable bonds is 4. The number of nitrogens with zero attached hydrogens (tertiary/aromatic N) is 8.